The van der Waals surface area contributed by atoms with Crippen molar-refractivity contribution in [2.24, 2.45) is 5.92 Å². The highest BCUT2D eigenvalue weighted by Gasteiger charge is 2.22. The van der Waals surface area contributed by atoms with Crippen molar-refractivity contribution in [3.8, 4) is 0 Å². The predicted octanol–water partition coefficient (Wildman–Crippen LogP) is 4.04. The third kappa shape index (κ3) is 3.97. The summed E-state index contributed by atoms with van der Waals surface area (Å²) >= 11 is 0. The number of hydrogen-bond acceptors (Lipinski definition) is 2. The molecule has 0 saturated heterocycles. The summed E-state index contributed by atoms with van der Waals surface area (Å²) in [5.41, 5.74) is 3.32. The highest BCUT2D eigenvalue weighted by atomic mass is 16.1. The fraction of sp³-hybridized carbons (Fsp3) is 0.722. The van der Waals surface area contributed by atoms with Crippen molar-refractivity contribution in [2.75, 3.05) is 13.1 Å². The summed E-state index contributed by atoms with van der Waals surface area (Å²) in [7, 11) is 0. The van der Waals surface area contributed by atoms with Crippen LogP contribution in [0.4, 0.5) is 0 Å². The molecule has 0 unspecified atom stereocenters. The first-order valence-electron chi connectivity index (χ1n) is 8.43. The maximum absolute atomic E-state index is 12.4. The van der Waals surface area contributed by atoms with Gasteiger partial charge in [-0.3, -0.25) is 4.79 Å². The van der Waals surface area contributed by atoms with Crippen molar-refractivity contribution in [1.29, 1.82) is 0 Å². The Bertz CT molecular complexity index is 482. The third-order valence-electron chi connectivity index (χ3n) is 4.56. The molecule has 0 amide bonds. The summed E-state index contributed by atoms with van der Waals surface area (Å²) in [6.45, 7) is 9.91. The molecule has 1 heterocycles. The molecule has 0 bridgehead atoms. The summed E-state index contributed by atoms with van der Waals surface area (Å²) in [5.74, 6) is 0.804. The predicted molar refractivity (Wildman–Crippen MR) is 88.1 cm³/mol. The molecule has 3 heteroatoms. The minimum Gasteiger partial charge on any atom is -0.345 e. The molecular weight excluding hydrogens is 260 g/mol. The average Bonchev–Trinajstić information content (AvgIpc) is 2.74. The van der Waals surface area contributed by atoms with Gasteiger partial charge in [0.2, 0.25) is 0 Å². The van der Waals surface area contributed by atoms with Crippen LogP contribution < -0.4 is 5.32 Å². The van der Waals surface area contributed by atoms with Gasteiger partial charge < -0.3 is 9.88 Å². The molecule has 0 spiro atoms. The Labute approximate surface area is 129 Å². The molecule has 0 aromatic carbocycles. The summed E-state index contributed by atoms with van der Waals surface area (Å²) in [5, 5.41) is 3.26. The summed E-state index contributed by atoms with van der Waals surface area (Å²) in [6, 6.07) is 2.69. The molecule has 0 atom stereocenters. The molecule has 1 saturated carbocycles. The van der Waals surface area contributed by atoms with E-state index in [-0.39, 0.29) is 5.78 Å². The van der Waals surface area contributed by atoms with Gasteiger partial charge in [0.05, 0.1) is 6.54 Å². The van der Waals surface area contributed by atoms with Gasteiger partial charge in [0.15, 0.2) is 5.78 Å². The van der Waals surface area contributed by atoms with E-state index in [4.69, 9.17) is 0 Å². The fourth-order valence-electron chi connectivity index (χ4n) is 3.53. The maximum atomic E-state index is 12.4. The van der Waals surface area contributed by atoms with E-state index in [2.05, 4.69) is 43.6 Å². The van der Waals surface area contributed by atoms with Crippen molar-refractivity contribution in [1.82, 2.24) is 9.88 Å². The van der Waals surface area contributed by atoms with Gasteiger partial charge in [-0.2, -0.15) is 0 Å². The van der Waals surface area contributed by atoms with Gasteiger partial charge in [-0.1, -0.05) is 33.1 Å². The zero-order valence-electron chi connectivity index (χ0n) is 14.0. The highest BCUT2D eigenvalue weighted by molar-refractivity contribution is 5.99. The van der Waals surface area contributed by atoms with E-state index >= 15 is 0 Å². The van der Waals surface area contributed by atoms with Crippen molar-refractivity contribution in [2.45, 2.75) is 65.8 Å². The molecule has 0 aliphatic heterocycles. The number of hydrogen-bond donors (Lipinski definition) is 1. The van der Waals surface area contributed by atoms with E-state index in [0.717, 1.165) is 17.8 Å². The van der Waals surface area contributed by atoms with Gasteiger partial charge in [0.1, 0.15) is 0 Å². The minimum absolute atomic E-state index is 0.228. The van der Waals surface area contributed by atoms with E-state index in [0.29, 0.717) is 18.5 Å². The van der Waals surface area contributed by atoms with Crippen LogP contribution in [0.1, 0.15) is 73.7 Å². The lowest BCUT2D eigenvalue weighted by Crippen LogP contribution is -2.27. The van der Waals surface area contributed by atoms with Gasteiger partial charge in [0.25, 0.3) is 0 Å². The maximum Gasteiger partial charge on any atom is 0.178 e. The molecule has 1 aromatic rings. The van der Waals surface area contributed by atoms with Crippen molar-refractivity contribution in [3.63, 3.8) is 0 Å². The molecule has 1 aliphatic rings. The Morgan fingerprint density at radius 3 is 2.57 bits per heavy atom. The van der Waals surface area contributed by atoms with Gasteiger partial charge in [-0.25, -0.2) is 0 Å². The molecule has 1 N–H and O–H groups in total. The molecule has 1 fully saturated rings. The average molecular weight is 290 g/mol. The van der Waals surface area contributed by atoms with Crippen molar-refractivity contribution >= 4 is 5.78 Å². The van der Waals surface area contributed by atoms with Gasteiger partial charge in [0, 0.05) is 23.0 Å². The molecule has 1 aromatic heterocycles. The zero-order chi connectivity index (χ0) is 15.4. The Morgan fingerprint density at radius 2 is 1.95 bits per heavy atom. The van der Waals surface area contributed by atoms with Crippen LogP contribution in [-0.4, -0.2) is 23.4 Å². The lowest BCUT2D eigenvalue weighted by Gasteiger charge is -2.26. The second kappa shape index (κ2) is 7.26. The first kappa shape index (κ1) is 16.3. The summed E-state index contributed by atoms with van der Waals surface area (Å²) < 4.78 is 2.41. The van der Waals surface area contributed by atoms with Crippen molar-refractivity contribution in [3.05, 3.63) is 23.0 Å². The molecule has 2 rings (SSSR count). The Kier molecular flexibility index (Phi) is 5.63. The van der Waals surface area contributed by atoms with Gasteiger partial charge in [-0.05, 0) is 45.2 Å². The minimum atomic E-state index is 0.228. The van der Waals surface area contributed by atoms with Crippen LogP contribution >= 0.6 is 0 Å². The zero-order valence-corrected chi connectivity index (χ0v) is 14.0. The molecule has 1 aliphatic carbocycles. The van der Waals surface area contributed by atoms with Crippen LogP contribution in [0.15, 0.2) is 6.07 Å². The number of aryl methyl sites for hydroxylation is 1. The van der Waals surface area contributed by atoms with Crippen LogP contribution in [0.3, 0.4) is 0 Å². The normalized spacial score (nSPS) is 16.6. The van der Waals surface area contributed by atoms with E-state index in [9.17, 15) is 4.79 Å². The third-order valence-corrected chi connectivity index (χ3v) is 4.56. The Hall–Kier alpha value is -1.09. The molecule has 21 heavy (non-hydrogen) atoms. The largest absolute Gasteiger partial charge is 0.345 e. The number of carbonyl (C=O) groups excluding carboxylic acids is 1. The van der Waals surface area contributed by atoms with Gasteiger partial charge >= 0.3 is 0 Å². The van der Waals surface area contributed by atoms with E-state index in [1.54, 1.807) is 0 Å². The topological polar surface area (TPSA) is 34.0 Å². The Morgan fingerprint density at radius 1 is 1.29 bits per heavy atom. The monoisotopic (exact) mass is 290 g/mol. The SMILES string of the molecule is Cc1cc(C(=O)CNCC(C)C)c(C)n1C1CCCCC1. The lowest BCUT2D eigenvalue weighted by atomic mass is 9.95. The number of rotatable bonds is 6. The number of Topliss-reactive ketones (excluding diaryl/α,β-unsaturated/α-hetero) is 1. The first-order chi connectivity index (χ1) is 10.0. The van der Waals surface area contributed by atoms with Crippen molar-refractivity contribution < 1.29 is 4.79 Å². The quantitative estimate of drug-likeness (QED) is 0.802. The number of nitrogens with one attached hydrogen (secondary N) is 1. The number of nitrogens with zero attached hydrogens (tertiary/aromatic N) is 1. The molecule has 3 nitrogen and oxygen atoms in total. The van der Waals surface area contributed by atoms with E-state index < -0.39 is 0 Å². The number of aromatic nitrogens is 1. The molecule has 0 radical (unpaired) electrons. The van der Waals surface area contributed by atoms with Crippen LogP contribution in [0, 0.1) is 19.8 Å². The highest BCUT2D eigenvalue weighted by Crippen LogP contribution is 2.32. The Balaban J connectivity index is 2.08. The first-order valence-corrected chi connectivity index (χ1v) is 8.43. The standard InChI is InChI=1S/C18H30N2O/c1-13(2)11-19-12-18(21)17-10-14(3)20(15(17)4)16-8-6-5-7-9-16/h10,13,16,19H,5-9,11-12H2,1-4H3. The van der Waals surface area contributed by atoms with Crippen LogP contribution in [0.25, 0.3) is 0 Å². The molecular formula is C18H30N2O. The van der Waals surface area contributed by atoms with Crippen LogP contribution in [-0.2, 0) is 0 Å². The smallest absolute Gasteiger partial charge is 0.178 e. The molecule has 118 valence electrons. The fourth-order valence-corrected chi connectivity index (χ4v) is 3.53. The van der Waals surface area contributed by atoms with E-state index in [1.165, 1.54) is 37.8 Å². The number of ketones is 1. The van der Waals surface area contributed by atoms with Crippen LogP contribution in [0.5, 0.6) is 0 Å². The summed E-state index contributed by atoms with van der Waals surface area (Å²) in [6.07, 6.45) is 6.52. The summed E-state index contributed by atoms with van der Waals surface area (Å²) in [4.78, 5) is 12.4. The number of carbonyl (C=O) groups is 1. The second-order valence-corrected chi connectivity index (χ2v) is 6.89. The second-order valence-electron chi connectivity index (χ2n) is 6.89. The lowest BCUT2D eigenvalue weighted by molar-refractivity contribution is 0.0989. The van der Waals surface area contributed by atoms with Crippen LogP contribution in [0.2, 0.25) is 0 Å². The van der Waals surface area contributed by atoms with Gasteiger partial charge in [-0.15, -0.1) is 0 Å². The van der Waals surface area contributed by atoms with E-state index in [1.807, 2.05) is 0 Å².